The van der Waals surface area contributed by atoms with Crippen molar-refractivity contribution in [2.24, 2.45) is 5.92 Å². The highest BCUT2D eigenvalue weighted by Crippen LogP contribution is 2.49. The molecule has 2 bridgehead atoms. The van der Waals surface area contributed by atoms with Gasteiger partial charge in [0.15, 0.2) is 0 Å². The molecule has 3 aromatic rings. The Morgan fingerprint density at radius 3 is 2.47 bits per heavy atom. The van der Waals surface area contributed by atoms with Gasteiger partial charge < -0.3 is 15.4 Å². The van der Waals surface area contributed by atoms with Gasteiger partial charge in [-0.15, -0.1) is 0 Å². The highest BCUT2D eigenvalue weighted by molar-refractivity contribution is 6.01. The molecule has 3 atom stereocenters. The second kappa shape index (κ2) is 7.90. The van der Waals surface area contributed by atoms with E-state index in [4.69, 9.17) is 4.74 Å². The van der Waals surface area contributed by atoms with Gasteiger partial charge in [0, 0.05) is 16.9 Å². The summed E-state index contributed by atoms with van der Waals surface area (Å²) in [7, 11) is 0. The van der Waals surface area contributed by atoms with E-state index in [1.807, 2.05) is 95.3 Å². The van der Waals surface area contributed by atoms with E-state index in [1.165, 1.54) is 0 Å². The first-order valence-corrected chi connectivity index (χ1v) is 11.5. The van der Waals surface area contributed by atoms with Crippen molar-refractivity contribution in [2.45, 2.75) is 46.4 Å². The predicted octanol–water partition coefficient (Wildman–Crippen LogP) is 5.55. The van der Waals surface area contributed by atoms with Crippen LogP contribution in [0.15, 0.2) is 60.7 Å². The molecule has 1 fully saturated rings. The van der Waals surface area contributed by atoms with Crippen LogP contribution < -0.4 is 20.3 Å². The van der Waals surface area contributed by atoms with Crippen LogP contribution in [0.3, 0.4) is 0 Å². The third-order valence-electron chi connectivity index (χ3n) is 7.08. The Morgan fingerprint density at radius 1 is 0.971 bits per heavy atom. The third-order valence-corrected chi connectivity index (χ3v) is 7.08. The molecule has 34 heavy (non-hydrogen) atoms. The van der Waals surface area contributed by atoms with Gasteiger partial charge in [-0.05, 0) is 75.6 Å². The van der Waals surface area contributed by atoms with Crippen molar-refractivity contribution in [2.75, 3.05) is 10.2 Å². The summed E-state index contributed by atoms with van der Waals surface area (Å²) in [5.74, 6) is -0.232. The summed E-state index contributed by atoms with van der Waals surface area (Å²) in [6, 6.07) is 18.5. The van der Waals surface area contributed by atoms with Crippen LogP contribution in [0.4, 0.5) is 16.2 Å². The molecular formula is C28H29N3O3. The number of carbonyl (C=O) groups is 2. The zero-order valence-electron chi connectivity index (χ0n) is 20.1. The molecule has 2 heterocycles. The molecule has 1 saturated heterocycles. The summed E-state index contributed by atoms with van der Waals surface area (Å²) in [6.45, 7) is 9.86. The summed E-state index contributed by atoms with van der Waals surface area (Å²) in [5, 5.41) is 6.20. The number of ether oxygens (including phenoxy) is 1. The molecule has 0 aliphatic carbocycles. The van der Waals surface area contributed by atoms with Gasteiger partial charge in [0.25, 0.3) is 0 Å². The summed E-state index contributed by atoms with van der Waals surface area (Å²) in [4.78, 5) is 28.9. The fraction of sp³-hybridized carbons (Fsp3) is 0.286. The SMILES string of the molecule is Cc1ccc(NC(=O)C2C3NC(=O)N(c4ccc(C)c(C)c4)C2(C)Oc2ccccc23)c(C)c1. The van der Waals surface area contributed by atoms with Gasteiger partial charge in [0.2, 0.25) is 11.6 Å². The van der Waals surface area contributed by atoms with Gasteiger partial charge in [-0.25, -0.2) is 4.79 Å². The minimum absolute atomic E-state index is 0.206. The average Bonchev–Trinajstić information content (AvgIpc) is 2.77. The molecule has 0 aromatic heterocycles. The normalized spacial score (nSPS) is 23.0. The Hall–Kier alpha value is -3.80. The third kappa shape index (κ3) is 3.41. The number of anilines is 2. The largest absolute Gasteiger partial charge is 0.466 e. The van der Waals surface area contributed by atoms with E-state index in [0.29, 0.717) is 11.4 Å². The summed E-state index contributed by atoms with van der Waals surface area (Å²) in [5.41, 5.74) is 5.30. The number of hydrogen-bond acceptors (Lipinski definition) is 3. The second-order valence-corrected chi connectivity index (χ2v) is 9.51. The van der Waals surface area contributed by atoms with Crippen LogP contribution in [0.1, 0.15) is 40.8 Å². The van der Waals surface area contributed by atoms with Crippen molar-refractivity contribution in [1.29, 1.82) is 0 Å². The molecule has 2 aliphatic rings. The molecule has 3 amide bonds. The minimum atomic E-state index is -1.23. The Balaban J connectivity index is 1.62. The topological polar surface area (TPSA) is 70.7 Å². The van der Waals surface area contributed by atoms with Crippen LogP contribution in [0.2, 0.25) is 0 Å². The minimum Gasteiger partial charge on any atom is -0.466 e. The first kappa shape index (κ1) is 22.0. The molecule has 0 saturated carbocycles. The van der Waals surface area contributed by atoms with Crippen LogP contribution in [-0.4, -0.2) is 17.7 Å². The molecule has 6 heteroatoms. The quantitative estimate of drug-likeness (QED) is 0.544. The maximum Gasteiger partial charge on any atom is 0.325 e. The molecule has 5 rings (SSSR count). The number of fused-ring (bicyclic) bond motifs is 4. The van der Waals surface area contributed by atoms with Gasteiger partial charge in [0.05, 0.1) is 6.04 Å². The van der Waals surface area contributed by atoms with Gasteiger partial charge in [0.1, 0.15) is 11.7 Å². The lowest BCUT2D eigenvalue weighted by atomic mass is 9.78. The molecule has 174 valence electrons. The molecule has 2 aliphatic heterocycles. The van der Waals surface area contributed by atoms with E-state index < -0.39 is 17.7 Å². The molecule has 0 radical (unpaired) electrons. The van der Waals surface area contributed by atoms with Gasteiger partial charge in [-0.2, -0.15) is 0 Å². The first-order valence-electron chi connectivity index (χ1n) is 11.5. The van der Waals surface area contributed by atoms with Gasteiger partial charge >= 0.3 is 6.03 Å². The van der Waals surface area contributed by atoms with Crippen molar-refractivity contribution in [1.82, 2.24) is 5.32 Å². The molecule has 3 aromatic carbocycles. The van der Waals surface area contributed by atoms with Gasteiger partial charge in [-0.1, -0.05) is 42.0 Å². The van der Waals surface area contributed by atoms with E-state index in [0.717, 1.165) is 33.5 Å². The second-order valence-electron chi connectivity index (χ2n) is 9.51. The average molecular weight is 456 g/mol. The Morgan fingerprint density at radius 2 is 1.74 bits per heavy atom. The van der Waals surface area contributed by atoms with Crippen LogP contribution in [0.25, 0.3) is 0 Å². The number of amides is 3. The fourth-order valence-corrected chi connectivity index (χ4v) is 5.15. The fourth-order valence-electron chi connectivity index (χ4n) is 5.15. The highest BCUT2D eigenvalue weighted by Gasteiger charge is 2.60. The first-order chi connectivity index (χ1) is 16.2. The lowest BCUT2D eigenvalue weighted by Crippen LogP contribution is -2.72. The Labute approximate surface area is 199 Å². The van der Waals surface area contributed by atoms with E-state index >= 15 is 0 Å². The number of rotatable bonds is 3. The smallest absolute Gasteiger partial charge is 0.325 e. The summed E-state index contributed by atoms with van der Waals surface area (Å²) < 4.78 is 6.52. The van der Waals surface area contributed by atoms with Crippen LogP contribution >= 0.6 is 0 Å². The standard InChI is InChI=1S/C28H29N3O3/c1-16-10-13-22(19(4)14-16)29-26(32)24-25-21-8-6-7-9-23(21)34-28(24,5)31(27(33)30-25)20-12-11-17(2)18(3)15-20/h6-15,24-25H,1-5H3,(H,29,32)(H,30,33). The monoisotopic (exact) mass is 455 g/mol. The highest BCUT2D eigenvalue weighted by atomic mass is 16.5. The molecule has 0 spiro atoms. The lowest BCUT2D eigenvalue weighted by molar-refractivity contribution is -0.131. The predicted molar refractivity (Wildman–Crippen MR) is 133 cm³/mol. The van der Waals surface area contributed by atoms with Crippen LogP contribution in [0, 0.1) is 33.6 Å². The Kier molecular flexibility index (Phi) is 5.12. The van der Waals surface area contributed by atoms with Crippen molar-refractivity contribution in [3.63, 3.8) is 0 Å². The lowest BCUT2D eigenvalue weighted by Gasteiger charge is -2.54. The number of aryl methyl sites for hydroxylation is 4. The maximum absolute atomic E-state index is 13.9. The number of carbonyl (C=O) groups excluding carboxylic acids is 2. The molecular weight excluding hydrogens is 426 g/mol. The number of para-hydroxylation sites is 1. The van der Waals surface area contributed by atoms with E-state index in [9.17, 15) is 9.59 Å². The number of nitrogens with zero attached hydrogens (tertiary/aromatic N) is 1. The van der Waals surface area contributed by atoms with Crippen LogP contribution in [0.5, 0.6) is 5.75 Å². The van der Waals surface area contributed by atoms with Crippen molar-refractivity contribution in [3.8, 4) is 5.75 Å². The van der Waals surface area contributed by atoms with E-state index in [1.54, 1.807) is 4.90 Å². The zero-order chi connectivity index (χ0) is 24.2. The van der Waals surface area contributed by atoms with Crippen molar-refractivity contribution in [3.05, 3.63) is 88.5 Å². The number of urea groups is 1. The van der Waals surface area contributed by atoms with E-state index in [-0.39, 0.29) is 11.9 Å². The summed E-state index contributed by atoms with van der Waals surface area (Å²) in [6.07, 6.45) is 0. The molecule has 6 nitrogen and oxygen atoms in total. The van der Waals surface area contributed by atoms with Crippen molar-refractivity contribution >= 4 is 23.3 Å². The number of hydrogen-bond donors (Lipinski definition) is 2. The maximum atomic E-state index is 13.9. The summed E-state index contributed by atoms with van der Waals surface area (Å²) >= 11 is 0. The molecule has 3 unspecified atom stereocenters. The number of benzene rings is 3. The number of nitrogens with one attached hydrogen (secondary N) is 2. The van der Waals surface area contributed by atoms with Crippen molar-refractivity contribution < 1.29 is 14.3 Å². The molecule has 2 N–H and O–H groups in total. The van der Waals surface area contributed by atoms with Gasteiger partial charge in [-0.3, -0.25) is 9.69 Å². The zero-order valence-corrected chi connectivity index (χ0v) is 20.1. The van der Waals surface area contributed by atoms with E-state index in [2.05, 4.69) is 10.6 Å². The van der Waals surface area contributed by atoms with Crippen LogP contribution in [-0.2, 0) is 4.79 Å². The Bertz CT molecular complexity index is 1320.